The topological polar surface area (TPSA) is 38.7 Å². The first kappa shape index (κ1) is 10.0. The highest BCUT2D eigenvalue weighted by Gasteiger charge is 2.05. The maximum atomic E-state index is 8.80. The molecular formula is C10H14O3. The van der Waals surface area contributed by atoms with Gasteiger partial charge in [0, 0.05) is 7.11 Å². The molecule has 0 radical (unpaired) electrons. The summed E-state index contributed by atoms with van der Waals surface area (Å²) in [4.78, 5) is 0. The van der Waals surface area contributed by atoms with Crippen LogP contribution in [0.4, 0.5) is 0 Å². The molecule has 0 aliphatic carbocycles. The summed E-state index contributed by atoms with van der Waals surface area (Å²) in [6.07, 6.45) is -0.250. The standard InChI is InChI=1S/C10H14O3/c1-12-10(7-11)8-13-9-5-3-2-4-6-9/h2-6,10-11H,7-8H2,1H3. The monoisotopic (exact) mass is 182 g/mol. The summed E-state index contributed by atoms with van der Waals surface area (Å²) in [5.74, 6) is 0.790. The lowest BCUT2D eigenvalue weighted by Crippen LogP contribution is -2.23. The highest BCUT2D eigenvalue weighted by atomic mass is 16.5. The lowest BCUT2D eigenvalue weighted by atomic mass is 10.3. The minimum atomic E-state index is -0.250. The number of methoxy groups -OCH3 is 1. The number of rotatable bonds is 5. The fourth-order valence-corrected chi connectivity index (χ4v) is 0.901. The minimum absolute atomic E-state index is 0.0245. The summed E-state index contributed by atoms with van der Waals surface area (Å²) in [6.45, 7) is 0.348. The van der Waals surface area contributed by atoms with E-state index in [-0.39, 0.29) is 12.7 Å². The second-order valence-corrected chi connectivity index (χ2v) is 2.66. The van der Waals surface area contributed by atoms with Crippen molar-refractivity contribution in [2.24, 2.45) is 0 Å². The van der Waals surface area contributed by atoms with E-state index in [0.717, 1.165) is 5.75 Å². The van der Waals surface area contributed by atoms with E-state index >= 15 is 0 Å². The second-order valence-electron chi connectivity index (χ2n) is 2.66. The lowest BCUT2D eigenvalue weighted by Gasteiger charge is -2.13. The van der Waals surface area contributed by atoms with Crippen LogP contribution >= 0.6 is 0 Å². The Kier molecular flexibility index (Phi) is 4.29. The first-order chi connectivity index (χ1) is 6.36. The van der Waals surface area contributed by atoms with Gasteiger partial charge in [0.25, 0.3) is 0 Å². The van der Waals surface area contributed by atoms with E-state index in [2.05, 4.69) is 0 Å². The van der Waals surface area contributed by atoms with Gasteiger partial charge in [-0.3, -0.25) is 0 Å². The van der Waals surface area contributed by atoms with E-state index in [1.807, 2.05) is 30.3 Å². The van der Waals surface area contributed by atoms with Crippen LogP contribution in [0, 0.1) is 0 Å². The average Bonchev–Trinajstić information content (AvgIpc) is 2.21. The zero-order valence-corrected chi connectivity index (χ0v) is 7.64. The van der Waals surface area contributed by atoms with Gasteiger partial charge in [-0.2, -0.15) is 0 Å². The van der Waals surface area contributed by atoms with E-state index in [1.165, 1.54) is 0 Å². The number of para-hydroxylation sites is 1. The van der Waals surface area contributed by atoms with Gasteiger partial charge in [-0.25, -0.2) is 0 Å². The maximum Gasteiger partial charge on any atom is 0.119 e. The third kappa shape index (κ3) is 3.44. The van der Waals surface area contributed by atoms with Gasteiger partial charge in [0.1, 0.15) is 18.5 Å². The summed E-state index contributed by atoms with van der Waals surface area (Å²) in [7, 11) is 1.55. The zero-order chi connectivity index (χ0) is 9.52. The molecule has 0 saturated heterocycles. The molecule has 0 aromatic heterocycles. The zero-order valence-electron chi connectivity index (χ0n) is 7.64. The van der Waals surface area contributed by atoms with Crippen molar-refractivity contribution in [1.29, 1.82) is 0 Å². The van der Waals surface area contributed by atoms with Gasteiger partial charge in [0.15, 0.2) is 0 Å². The molecule has 1 atom stereocenters. The van der Waals surface area contributed by atoms with Gasteiger partial charge >= 0.3 is 0 Å². The second kappa shape index (κ2) is 5.56. The van der Waals surface area contributed by atoms with Crippen molar-refractivity contribution < 1.29 is 14.6 Å². The Morgan fingerprint density at radius 1 is 1.31 bits per heavy atom. The van der Waals surface area contributed by atoms with Crippen LogP contribution in [0.15, 0.2) is 30.3 Å². The van der Waals surface area contributed by atoms with Gasteiger partial charge in [0.2, 0.25) is 0 Å². The van der Waals surface area contributed by atoms with Gasteiger partial charge < -0.3 is 14.6 Å². The highest BCUT2D eigenvalue weighted by Crippen LogP contribution is 2.08. The molecular weight excluding hydrogens is 168 g/mol. The Hall–Kier alpha value is -1.06. The molecule has 72 valence electrons. The van der Waals surface area contributed by atoms with Crippen LogP contribution in [-0.2, 0) is 4.74 Å². The Bertz CT molecular complexity index is 219. The van der Waals surface area contributed by atoms with Gasteiger partial charge in [-0.15, -0.1) is 0 Å². The van der Waals surface area contributed by atoms with Crippen molar-refractivity contribution in [3.63, 3.8) is 0 Å². The van der Waals surface area contributed by atoms with Crippen molar-refractivity contribution in [1.82, 2.24) is 0 Å². The Morgan fingerprint density at radius 3 is 2.54 bits per heavy atom. The Balaban J connectivity index is 2.34. The molecule has 1 rings (SSSR count). The number of aliphatic hydroxyl groups excluding tert-OH is 1. The summed E-state index contributed by atoms with van der Waals surface area (Å²) in [6, 6.07) is 9.45. The maximum absolute atomic E-state index is 8.80. The van der Waals surface area contributed by atoms with Crippen LogP contribution in [0.1, 0.15) is 0 Å². The van der Waals surface area contributed by atoms with Crippen LogP contribution in [0.3, 0.4) is 0 Å². The summed E-state index contributed by atoms with van der Waals surface area (Å²) < 4.78 is 10.3. The molecule has 3 nitrogen and oxygen atoms in total. The van der Waals surface area contributed by atoms with Crippen molar-refractivity contribution in [2.45, 2.75) is 6.10 Å². The molecule has 13 heavy (non-hydrogen) atoms. The van der Waals surface area contributed by atoms with E-state index in [1.54, 1.807) is 7.11 Å². The predicted octanol–water partition coefficient (Wildman–Crippen LogP) is 1.07. The molecule has 3 heteroatoms. The first-order valence-corrected chi connectivity index (χ1v) is 4.18. The number of hydrogen-bond acceptors (Lipinski definition) is 3. The highest BCUT2D eigenvalue weighted by molar-refractivity contribution is 5.20. The van der Waals surface area contributed by atoms with Gasteiger partial charge in [-0.05, 0) is 12.1 Å². The van der Waals surface area contributed by atoms with Crippen LogP contribution in [0.5, 0.6) is 5.75 Å². The number of benzene rings is 1. The molecule has 1 aromatic rings. The Morgan fingerprint density at radius 2 is 2.00 bits per heavy atom. The number of ether oxygens (including phenoxy) is 2. The fraction of sp³-hybridized carbons (Fsp3) is 0.400. The molecule has 1 aromatic carbocycles. The van der Waals surface area contributed by atoms with Crippen molar-refractivity contribution in [3.05, 3.63) is 30.3 Å². The third-order valence-electron chi connectivity index (χ3n) is 1.72. The molecule has 0 saturated carbocycles. The van der Waals surface area contributed by atoms with Crippen molar-refractivity contribution in [3.8, 4) is 5.75 Å². The molecule has 0 bridgehead atoms. The average molecular weight is 182 g/mol. The van der Waals surface area contributed by atoms with Crippen LogP contribution in [0.2, 0.25) is 0 Å². The predicted molar refractivity (Wildman–Crippen MR) is 49.8 cm³/mol. The third-order valence-corrected chi connectivity index (χ3v) is 1.72. The van der Waals surface area contributed by atoms with Crippen molar-refractivity contribution >= 4 is 0 Å². The molecule has 0 aliphatic heterocycles. The van der Waals surface area contributed by atoms with Gasteiger partial charge in [0.05, 0.1) is 6.61 Å². The molecule has 1 unspecified atom stereocenters. The van der Waals surface area contributed by atoms with E-state index in [0.29, 0.717) is 6.61 Å². The summed E-state index contributed by atoms with van der Waals surface area (Å²) >= 11 is 0. The summed E-state index contributed by atoms with van der Waals surface area (Å²) in [5.41, 5.74) is 0. The fourth-order valence-electron chi connectivity index (χ4n) is 0.901. The van der Waals surface area contributed by atoms with Crippen LogP contribution in [-0.4, -0.2) is 31.5 Å². The Labute approximate surface area is 77.9 Å². The minimum Gasteiger partial charge on any atom is -0.491 e. The van der Waals surface area contributed by atoms with E-state index in [9.17, 15) is 0 Å². The SMILES string of the molecule is COC(CO)COc1ccccc1. The number of hydrogen-bond donors (Lipinski definition) is 1. The lowest BCUT2D eigenvalue weighted by molar-refractivity contribution is 0.0164. The quantitative estimate of drug-likeness (QED) is 0.740. The molecule has 0 aliphatic rings. The molecule has 0 fully saturated rings. The van der Waals surface area contributed by atoms with Crippen LogP contribution in [0.25, 0.3) is 0 Å². The van der Waals surface area contributed by atoms with E-state index < -0.39 is 0 Å². The largest absolute Gasteiger partial charge is 0.491 e. The van der Waals surface area contributed by atoms with Crippen LogP contribution < -0.4 is 4.74 Å². The molecule has 0 amide bonds. The smallest absolute Gasteiger partial charge is 0.119 e. The summed E-state index contributed by atoms with van der Waals surface area (Å²) in [5, 5.41) is 8.80. The van der Waals surface area contributed by atoms with Gasteiger partial charge in [-0.1, -0.05) is 18.2 Å². The number of aliphatic hydroxyl groups is 1. The molecule has 1 N–H and O–H groups in total. The molecule has 0 spiro atoms. The molecule has 0 heterocycles. The van der Waals surface area contributed by atoms with Crippen molar-refractivity contribution in [2.75, 3.05) is 20.3 Å². The van der Waals surface area contributed by atoms with E-state index in [4.69, 9.17) is 14.6 Å². The normalized spacial score (nSPS) is 12.5. The first-order valence-electron chi connectivity index (χ1n) is 4.18.